The van der Waals surface area contributed by atoms with Gasteiger partial charge in [-0.25, -0.2) is 0 Å². The van der Waals surface area contributed by atoms with Crippen LogP contribution < -0.4 is 20.5 Å². The number of hydrogen-bond donors (Lipinski definition) is 2. The highest BCUT2D eigenvalue weighted by Gasteiger charge is 2.16. The highest BCUT2D eigenvalue weighted by molar-refractivity contribution is 6.10. The molecule has 0 unspecified atom stereocenters. The van der Waals surface area contributed by atoms with E-state index in [0.717, 1.165) is 0 Å². The van der Waals surface area contributed by atoms with Crippen molar-refractivity contribution in [1.29, 1.82) is 0 Å². The summed E-state index contributed by atoms with van der Waals surface area (Å²) >= 11 is 0. The number of nitrogens with two attached hydrogens (primary N) is 1. The molecular weight excluding hydrogens is 284 g/mol. The number of anilines is 1. The van der Waals surface area contributed by atoms with Gasteiger partial charge in [-0.15, -0.1) is 0 Å². The van der Waals surface area contributed by atoms with E-state index in [4.69, 9.17) is 15.2 Å². The summed E-state index contributed by atoms with van der Waals surface area (Å²) in [5.74, 6) is -0.0786. The lowest BCUT2D eigenvalue weighted by atomic mass is 10.1. The molecular formula is C16H16N2O4. The third kappa shape index (κ3) is 3.17. The molecule has 0 spiro atoms. The number of benzene rings is 2. The van der Waals surface area contributed by atoms with E-state index in [1.807, 2.05) is 0 Å². The number of ether oxygens (including phenoxy) is 2. The van der Waals surface area contributed by atoms with Gasteiger partial charge in [0.2, 0.25) is 0 Å². The number of rotatable bonds is 5. The van der Waals surface area contributed by atoms with Gasteiger partial charge in [0.25, 0.3) is 11.8 Å². The number of methoxy groups -OCH3 is 2. The van der Waals surface area contributed by atoms with Crippen molar-refractivity contribution in [2.75, 3.05) is 19.5 Å². The van der Waals surface area contributed by atoms with Gasteiger partial charge in [0, 0.05) is 6.07 Å². The van der Waals surface area contributed by atoms with Gasteiger partial charge in [0.1, 0.15) is 11.5 Å². The van der Waals surface area contributed by atoms with Gasteiger partial charge in [-0.2, -0.15) is 0 Å². The van der Waals surface area contributed by atoms with Gasteiger partial charge in [0.05, 0.1) is 31.0 Å². The Balaban J connectivity index is 2.32. The third-order valence-corrected chi connectivity index (χ3v) is 3.09. The Kier molecular flexibility index (Phi) is 4.63. The minimum atomic E-state index is -0.613. The fraction of sp³-hybridized carbons (Fsp3) is 0.125. The molecule has 0 aliphatic carbocycles. The van der Waals surface area contributed by atoms with Crippen molar-refractivity contribution in [3.05, 3.63) is 53.6 Å². The van der Waals surface area contributed by atoms with Gasteiger partial charge in [0.15, 0.2) is 0 Å². The summed E-state index contributed by atoms with van der Waals surface area (Å²) in [5, 5.41) is 2.66. The van der Waals surface area contributed by atoms with E-state index in [0.29, 0.717) is 22.7 Å². The van der Waals surface area contributed by atoms with Crippen LogP contribution in [0.2, 0.25) is 0 Å². The van der Waals surface area contributed by atoms with E-state index in [9.17, 15) is 9.59 Å². The third-order valence-electron chi connectivity index (χ3n) is 3.09. The molecule has 0 aliphatic rings. The van der Waals surface area contributed by atoms with Crippen LogP contribution in [0.3, 0.4) is 0 Å². The van der Waals surface area contributed by atoms with E-state index in [-0.39, 0.29) is 5.56 Å². The molecule has 114 valence electrons. The summed E-state index contributed by atoms with van der Waals surface area (Å²) < 4.78 is 10.3. The van der Waals surface area contributed by atoms with E-state index in [2.05, 4.69) is 5.32 Å². The molecule has 3 N–H and O–H groups in total. The molecule has 6 nitrogen and oxygen atoms in total. The number of nitrogens with one attached hydrogen (secondary N) is 1. The molecule has 0 heterocycles. The maximum absolute atomic E-state index is 12.4. The first-order valence-corrected chi connectivity index (χ1v) is 6.49. The first kappa shape index (κ1) is 15.4. The number of para-hydroxylation sites is 1. The van der Waals surface area contributed by atoms with Gasteiger partial charge < -0.3 is 20.5 Å². The number of carbonyl (C=O) groups is 2. The summed E-state index contributed by atoms with van der Waals surface area (Å²) in [6, 6.07) is 11.4. The van der Waals surface area contributed by atoms with Crippen molar-refractivity contribution >= 4 is 17.5 Å². The Morgan fingerprint density at radius 3 is 2.36 bits per heavy atom. The molecule has 6 heteroatoms. The second-order valence-electron chi connectivity index (χ2n) is 4.43. The topological polar surface area (TPSA) is 90.6 Å². The summed E-state index contributed by atoms with van der Waals surface area (Å²) in [6.07, 6.45) is 0. The van der Waals surface area contributed by atoms with Crippen LogP contribution in [0.4, 0.5) is 5.69 Å². The Labute approximate surface area is 127 Å². The smallest absolute Gasteiger partial charge is 0.259 e. The Morgan fingerprint density at radius 2 is 1.73 bits per heavy atom. The Bertz CT molecular complexity index is 713. The quantitative estimate of drug-likeness (QED) is 0.884. The highest BCUT2D eigenvalue weighted by atomic mass is 16.5. The van der Waals surface area contributed by atoms with Crippen molar-refractivity contribution in [2.24, 2.45) is 5.73 Å². The van der Waals surface area contributed by atoms with Crippen molar-refractivity contribution in [1.82, 2.24) is 0 Å². The predicted molar refractivity (Wildman–Crippen MR) is 82.5 cm³/mol. The van der Waals surface area contributed by atoms with E-state index >= 15 is 0 Å². The molecule has 0 radical (unpaired) electrons. The molecule has 0 saturated carbocycles. The summed E-state index contributed by atoms with van der Waals surface area (Å²) in [5.41, 5.74) is 6.20. The van der Waals surface area contributed by atoms with Gasteiger partial charge in [-0.05, 0) is 24.3 Å². The zero-order chi connectivity index (χ0) is 16.1. The zero-order valence-electron chi connectivity index (χ0n) is 12.3. The number of primary amides is 1. The number of carbonyl (C=O) groups excluding carboxylic acids is 2. The zero-order valence-corrected chi connectivity index (χ0v) is 12.3. The van der Waals surface area contributed by atoms with Crippen LogP contribution in [-0.4, -0.2) is 26.0 Å². The van der Waals surface area contributed by atoms with Gasteiger partial charge in [-0.3, -0.25) is 9.59 Å². The van der Waals surface area contributed by atoms with Gasteiger partial charge >= 0.3 is 0 Å². The fourth-order valence-corrected chi connectivity index (χ4v) is 1.98. The van der Waals surface area contributed by atoms with E-state index in [1.54, 1.807) is 42.5 Å². The van der Waals surface area contributed by atoms with Crippen LogP contribution >= 0.6 is 0 Å². The maximum Gasteiger partial charge on any atom is 0.259 e. The molecule has 2 rings (SSSR count). The normalized spacial score (nSPS) is 9.91. The molecule has 22 heavy (non-hydrogen) atoms. The van der Waals surface area contributed by atoms with Crippen molar-refractivity contribution in [3.8, 4) is 11.5 Å². The first-order valence-electron chi connectivity index (χ1n) is 6.49. The van der Waals surface area contributed by atoms with Crippen LogP contribution in [0, 0.1) is 0 Å². The molecule has 0 bridgehead atoms. The molecule has 0 aliphatic heterocycles. The largest absolute Gasteiger partial charge is 0.497 e. The lowest BCUT2D eigenvalue weighted by Crippen LogP contribution is -2.18. The molecule has 0 fully saturated rings. The average Bonchev–Trinajstić information content (AvgIpc) is 2.54. The Morgan fingerprint density at radius 1 is 1.00 bits per heavy atom. The highest BCUT2D eigenvalue weighted by Crippen LogP contribution is 2.26. The van der Waals surface area contributed by atoms with Crippen molar-refractivity contribution < 1.29 is 19.1 Å². The van der Waals surface area contributed by atoms with Crippen LogP contribution in [0.1, 0.15) is 20.7 Å². The lowest BCUT2D eigenvalue weighted by Gasteiger charge is -2.12. The van der Waals surface area contributed by atoms with Crippen LogP contribution in [0.25, 0.3) is 0 Å². The maximum atomic E-state index is 12.4. The molecule has 0 aromatic heterocycles. The lowest BCUT2D eigenvalue weighted by molar-refractivity contribution is 0.100. The van der Waals surface area contributed by atoms with Crippen LogP contribution in [0.15, 0.2) is 42.5 Å². The van der Waals surface area contributed by atoms with E-state index in [1.165, 1.54) is 14.2 Å². The SMILES string of the molecule is COc1ccc(C(=O)Nc2ccccc2C(N)=O)c(OC)c1. The minimum absolute atomic E-state index is 0.239. The Hall–Kier alpha value is -3.02. The predicted octanol–water partition coefficient (Wildman–Crippen LogP) is 2.05. The second-order valence-corrected chi connectivity index (χ2v) is 4.43. The molecule has 2 aromatic carbocycles. The van der Waals surface area contributed by atoms with Crippen LogP contribution in [0.5, 0.6) is 11.5 Å². The fourth-order valence-electron chi connectivity index (χ4n) is 1.98. The molecule has 2 aromatic rings. The van der Waals surface area contributed by atoms with Gasteiger partial charge in [-0.1, -0.05) is 12.1 Å². The first-order chi connectivity index (χ1) is 10.6. The monoisotopic (exact) mass is 300 g/mol. The average molecular weight is 300 g/mol. The minimum Gasteiger partial charge on any atom is -0.497 e. The molecule has 2 amide bonds. The second kappa shape index (κ2) is 6.62. The number of hydrogen-bond acceptors (Lipinski definition) is 4. The summed E-state index contributed by atoms with van der Waals surface area (Å²) in [6.45, 7) is 0. The van der Waals surface area contributed by atoms with Crippen molar-refractivity contribution in [2.45, 2.75) is 0 Å². The van der Waals surface area contributed by atoms with Crippen LogP contribution in [-0.2, 0) is 0 Å². The molecule has 0 atom stereocenters. The summed E-state index contributed by atoms with van der Waals surface area (Å²) in [4.78, 5) is 23.8. The standard InChI is InChI=1S/C16H16N2O4/c1-21-10-7-8-12(14(9-10)22-2)16(20)18-13-6-4-3-5-11(13)15(17)19/h3-9H,1-2H3,(H2,17,19)(H,18,20). The molecule has 0 saturated heterocycles. The number of amides is 2. The van der Waals surface area contributed by atoms with Crippen molar-refractivity contribution in [3.63, 3.8) is 0 Å². The van der Waals surface area contributed by atoms with E-state index < -0.39 is 11.8 Å². The summed E-state index contributed by atoms with van der Waals surface area (Å²) in [7, 11) is 2.99.